The molecule has 2 fully saturated rings. The smallest absolute Gasteiger partial charge is 0.136 e. The number of ketones is 1. The number of carbonyl (C=O) groups is 1. The summed E-state index contributed by atoms with van der Waals surface area (Å²) >= 11 is 0. The van der Waals surface area contributed by atoms with Crippen molar-refractivity contribution >= 4 is 5.78 Å². The molecule has 0 bridgehead atoms. The highest BCUT2D eigenvalue weighted by atomic mass is 16.1. The Morgan fingerprint density at radius 1 is 1.31 bits per heavy atom. The Morgan fingerprint density at radius 3 is 2.69 bits per heavy atom. The first-order valence-corrected chi connectivity index (χ1v) is 6.54. The number of carbonyl (C=O) groups excluding carboxylic acids is 1. The zero-order valence-corrected chi connectivity index (χ0v) is 10.8. The third kappa shape index (κ3) is 0.881. The van der Waals surface area contributed by atoms with Gasteiger partial charge in [0.1, 0.15) is 5.78 Å². The Bertz CT molecular complexity index is 392. The summed E-state index contributed by atoms with van der Waals surface area (Å²) < 4.78 is 0. The van der Waals surface area contributed by atoms with Gasteiger partial charge in [-0.15, -0.1) is 0 Å². The SMILES string of the molecule is C[C@@H]1C(=O)C[C@H]2C(C)(C)C[C@]3(C)CC=CC123. The van der Waals surface area contributed by atoms with E-state index in [4.69, 9.17) is 0 Å². The number of rotatable bonds is 0. The van der Waals surface area contributed by atoms with Crippen molar-refractivity contribution in [2.45, 2.75) is 47.0 Å². The number of allylic oxidation sites excluding steroid dienone is 2. The minimum absolute atomic E-state index is 0.188. The second-order valence-corrected chi connectivity index (χ2v) is 7.21. The first kappa shape index (κ1) is 10.6. The van der Waals surface area contributed by atoms with Gasteiger partial charge in [0.2, 0.25) is 0 Å². The van der Waals surface area contributed by atoms with E-state index in [1.54, 1.807) is 0 Å². The van der Waals surface area contributed by atoms with Crippen LogP contribution in [0.2, 0.25) is 0 Å². The molecular formula is C15H22O. The summed E-state index contributed by atoms with van der Waals surface area (Å²) in [4.78, 5) is 12.1. The van der Waals surface area contributed by atoms with Gasteiger partial charge in [0.05, 0.1) is 0 Å². The van der Waals surface area contributed by atoms with E-state index < -0.39 is 0 Å². The van der Waals surface area contributed by atoms with Gasteiger partial charge in [-0.2, -0.15) is 0 Å². The minimum Gasteiger partial charge on any atom is -0.299 e. The van der Waals surface area contributed by atoms with Crippen molar-refractivity contribution in [2.75, 3.05) is 0 Å². The molecule has 4 atom stereocenters. The molecule has 16 heavy (non-hydrogen) atoms. The summed E-state index contributed by atoms with van der Waals surface area (Å²) in [6, 6.07) is 0. The molecule has 1 unspecified atom stereocenters. The Kier molecular flexibility index (Phi) is 1.73. The Labute approximate surface area is 98.3 Å². The molecule has 0 heterocycles. The number of hydrogen-bond donors (Lipinski definition) is 0. The summed E-state index contributed by atoms with van der Waals surface area (Å²) in [5.41, 5.74) is 0.861. The van der Waals surface area contributed by atoms with Crippen molar-refractivity contribution in [1.82, 2.24) is 0 Å². The molecule has 3 aliphatic rings. The first-order chi connectivity index (χ1) is 7.33. The van der Waals surface area contributed by atoms with Crippen LogP contribution in [0.4, 0.5) is 0 Å². The summed E-state index contributed by atoms with van der Waals surface area (Å²) in [5.74, 6) is 1.31. The van der Waals surface area contributed by atoms with Gasteiger partial charge in [-0.25, -0.2) is 0 Å². The van der Waals surface area contributed by atoms with Crippen LogP contribution in [0.15, 0.2) is 12.2 Å². The molecule has 0 aromatic carbocycles. The van der Waals surface area contributed by atoms with E-state index >= 15 is 0 Å². The highest BCUT2D eigenvalue weighted by Crippen LogP contribution is 2.74. The third-order valence-electron chi connectivity index (χ3n) is 5.98. The Hall–Kier alpha value is -0.590. The highest BCUT2D eigenvalue weighted by molar-refractivity contribution is 5.86. The van der Waals surface area contributed by atoms with Crippen molar-refractivity contribution in [3.63, 3.8) is 0 Å². The lowest BCUT2D eigenvalue weighted by Gasteiger charge is -2.40. The predicted molar refractivity (Wildman–Crippen MR) is 65.0 cm³/mol. The lowest BCUT2D eigenvalue weighted by Crippen LogP contribution is -2.37. The molecule has 0 aliphatic heterocycles. The van der Waals surface area contributed by atoms with Crippen molar-refractivity contribution in [3.05, 3.63) is 12.2 Å². The van der Waals surface area contributed by atoms with Gasteiger partial charge >= 0.3 is 0 Å². The monoisotopic (exact) mass is 218 g/mol. The van der Waals surface area contributed by atoms with E-state index in [0.717, 1.165) is 6.42 Å². The maximum Gasteiger partial charge on any atom is 0.136 e. The molecule has 0 amide bonds. The third-order valence-corrected chi connectivity index (χ3v) is 5.98. The van der Waals surface area contributed by atoms with Gasteiger partial charge < -0.3 is 0 Å². The van der Waals surface area contributed by atoms with E-state index in [9.17, 15) is 4.79 Å². The van der Waals surface area contributed by atoms with E-state index in [1.807, 2.05) is 0 Å². The molecule has 1 heteroatoms. The second kappa shape index (κ2) is 2.63. The lowest BCUT2D eigenvalue weighted by molar-refractivity contribution is -0.122. The topological polar surface area (TPSA) is 17.1 Å². The first-order valence-electron chi connectivity index (χ1n) is 6.54. The highest BCUT2D eigenvalue weighted by Gasteiger charge is 2.70. The minimum atomic E-state index is 0.188. The molecule has 2 saturated carbocycles. The normalized spacial score (nSPS) is 53.1. The average molecular weight is 218 g/mol. The largest absolute Gasteiger partial charge is 0.299 e. The van der Waals surface area contributed by atoms with Crippen LogP contribution in [0.5, 0.6) is 0 Å². The fraction of sp³-hybridized carbons (Fsp3) is 0.800. The standard InChI is InChI=1S/C15H22O/c1-10-11(16)8-12-13(2,3)9-14(4)6-5-7-15(10,12)14/h5,7,10,12H,6,8-9H2,1-4H3/t10-,12+,14+,15?/m1/s1. The van der Waals surface area contributed by atoms with Gasteiger partial charge in [0, 0.05) is 17.8 Å². The molecule has 3 aliphatic carbocycles. The van der Waals surface area contributed by atoms with Crippen molar-refractivity contribution in [3.8, 4) is 0 Å². The second-order valence-electron chi connectivity index (χ2n) is 7.21. The molecule has 1 spiro atoms. The molecular weight excluding hydrogens is 196 g/mol. The maximum absolute atomic E-state index is 12.1. The van der Waals surface area contributed by atoms with E-state index in [0.29, 0.717) is 22.5 Å². The lowest BCUT2D eigenvalue weighted by atomic mass is 9.62. The van der Waals surface area contributed by atoms with Crippen LogP contribution in [0.25, 0.3) is 0 Å². The Morgan fingerprint density at radius 2 is 2.00 bits per heavy atom. The predicted octanol–water partition coefficient (Wildman–Crippen LogP) is 3.59. The average Bonchev–Trinajstić information content (AvgIpc) is 2.65. The summed E-state index contributed by atoms with van der Waals surface area (Å²) in [7, 11) is 0. The molecule has 88 valence electrons. The van der Waals surface area contributed by atoms with Crippen molar-refractivity contribution in [2.24, 2.45) is 28.1 Å². The molecule has 0 aromatic heterocycles. The molecule has 0 aromatic rings. The summed E-state index contributed by atoms with van der Waals surface area (Å²) in [6.45, 7) is 9.30. The van der Waals surface area contributed by atoms with Crippen LogP contribution in [-0.4, -0.2) is 5.78 Å². The fourth-order valence-corrected chi connectivity index (χ4v) is 5.49. The zero-order valence-electron chi connectivity index (χ0n) is 10.8. The van der Waals surface area contributed by atoms with Crippen LogP contribution < -0.4 is 0 Å². The quantitative estimate of drug-likeness (QED) is 0.568. The van der Waals surface area contributed by atoms with E-state index in [2.05, 4.69) is 39.8 Å². The van der Waals surface area contributed by atoms with Crippen LogP contribution in [0.3, 0.4) is 0 Å². The molecule has 0 saturated heterocycles. The Balaban J connectivity index is 2.20. The van der Waals surface area contributed by atoms with Crippen LogP contribution in [0.1, 0.15) is 47.0 Å². The van der Waals surface area contributed by atoms with Crippen molar-refractivity contribution in [1.29, 1.82) is 0 Å². The molecule has 1 nitrogen and oxygen atoms in total. The van der Waals surface area contributed by atoms with Gasteiger partial charge in [0.25, 0.3) is 0 Å². The van der Waals surface area contributed by atoms with Gasteiger partial charge in [-0.3, -0.25) is 4.79 Å². The van der Waals surface area contributed by atoms with Gasteiger partial charge in [-0.05, 0) is 29.6 Å². The van der Waals surface area contributed by atoms with E-state index in [1.165, 1.54) is 12.8 Å². The number of hydrogen-bond acceptors (Lipinski definition) is 1. The summed E-state index contributed by atoms with van der Waals surface area (Å²) in [6.07, 6.45) is 7.99. The van der Waals surface area contributed by atoms with Crippen LogP contribution in [0, 0.1) is 28.1 Å². The molecule has 0 radical (unpaired) electrons. The van der Waals surface area contributed by atoms with Gasteiger partial charge in [-0.1, -0.05) is 39.8 Å². The van der Waals surface area contributed by atoms with Crippen molar-refractivity contribution < 1.29 is 4.79 Å². The maximum atomic E-state index is 12.1. The van der Waals surface area contributed by atoms with Gasteiger partial charge in [0.15, 0.2) is 0 Å². The van der Waals surface area contributed by atoms with Crippen LogP contribution >= 0.6 is 0 Å². The van der Waals surface area contributed by atoms with Crippen LogP contribution in [-0.2, 0) is 4.79 Å². The van der Waals surface area contributed by atoms with E-state index in [-0.39, 0.29) is 11.3 Å². The summed E-state index contributed by atoms with van der Waals surface area (Å²) in [5, 5.41) is 0. The fourth-order valence-electron chi connectivity index (χ4n) is 5.49. The zero-order chi connectivity index (χ0) is 11.8. The number of Topliss-reactive ketones (excluding diaryl/α,β-unsaturated/α-hetero) is 1. The molecule has 3 rings (SSSR count). The molecule has 0 N–H and O–H groups in total.